The van der Waals surface area contributed by atoms with E-state index in [0.29, 0.717) is 17.0 Å². The lowest BCUT2D eigenvalue weighted by molar-refractivity contribution is -0.119. The average molecular weight is 331 g/mol. The molecular weight excluding hydrogens is 310 g/mol. The van der Waals surface area contributed by atoms with Crippen molar-refractivity contribution in [2.24, 2.45) is 0 Å². The van der Waals surface area contributed by atoms with Gasteiger partial charge in [-0.25, -0.2) is 4.98 Å². The minimum Gasteiger partial charge on any atom is -0.367 e. The Balaban J connectivity index is 1.50. The van der Waals surface area contributed by atoms with Crippen LogP contribution in [0.15, 0.2) is 35.5 Å². The predicted octanol–water partition coefficient (Wildman–Crippen LogP) is 1.99. The van der Waals surface area contributed by atoms with Crippen LogP contribution in [-0.2, 0) is 4.79 Å². The van der Waals surface area contributed by atoms with Gasteiger partial charge in [-0.1, -0.05) is 30.0 Å². The van der Waals surface area contributed by atoms with E-state index in [1.807, 2.05) is 25.1 Å². The molecule has 0 bridgehead atoms. The zero-order chi connectivity index (χ0) is 16.2. The van der Waals surface area contributed by atoms with Gasteiger partial charge in [-0.3, -0.25) is 9.89 Å². The van der Waals surface area contributed by atoms with Crippen LogP contribution in [0.3, 0.4) is 0 Å². The third kappa shape index (κ3) is 4.04. The van der Waals surface area contributed by atoms with Gasteiger partial charge in [-0.05, 0) is 32.4 Å². The molecule has 1 saturated heterocycles. The number of nitrogens with one attached hydrogen (secondary N) is 2. The van der Waals surface area contributed by atoms with Crippen molar-refractivity contribution in [1.29, 1.82) is 0 Å². The zero-order valence-electron chi connectivity index (χ0n) is 13.3. The molecule has 23 heavy (non-hydrogen) atoms. The van der Waals surface area contributed by atoms with Crippen molar-refractivity contribution in [3.63, 3.8) is 0 Å². The van der Waals surface area contributed by atoms with E-state index < -0.39 is 0 Å². The predicted molar refractivity (Wildman–Crippen MR) is 91.6 cm³/mol. The maximum atomic E-state index is 12.1. The van der Waals surface area contributed by atoms with Crippen molar-refractivity contribution in [2.75, 3.05) is 17.2 Å². The summed E-state index contributed by atoms with van der Waals surface area (Å²) in [4.78, 5) is 18.6. The molecule has 0 unspecified atom stereocenters. The molecule has 0 spiro atoms. The summed E-state index contributed by atoms with van der Waals surface area (Å²) in [6.45, 7) is 4.89. The summed E-state index contributed by atoms with van der Waals surface area (Å²) in [5.41, 5.74) is 1.21. The number of aromatic nitrogens is 3. The highest BCUT2D eigenvalue weighted by atomic mass is 32.2. The van der Waals surface area contributed by atoms with Gasteiger partial charge in [0.1, 0.15) is 5.82 Å². The van der Waals surface area contributed by atoms with Crippen LogP contribution < -0.4 is 10.2 Å². The van der Waals surface area contributed by atoms with Crippen LogP contribution in [0.1, 0.15) is 19.2 Å². The first-order valence-electron chi connectivity index (χ1n) is 7.74. The van der Waals surface area contributed by atoms with Crippen molar-refractivity contribution >= 4 is 23.4 Å². The number of rotatable bonds is 5. The first kappa shape index (κ1) is 15.9. The number of thioether (sulfide) groups is 1. The number of aryl methyl sites for hydroxylation is 1. The van der Waals surface area contributed by atoms with Gasteiger partial charge in [0, 0.05) is 24.3 Å². The quantitative estimate of drug-likeness (QED) is 0.820. The summed E-state index contributed by atoms with van der Waals surface area (Å²) < 4.78 is 0. The summed E-state index contributed by atoms with van der Waals surface area (Å²) in [5, 5.41) is 10.5. The zero-order valence-corrected chi connectivity index (χ0v) is 14.1. The molecule has 3 rings (SSSR count). The van der Waals surface area contributed by atoms with Gasteiger partial charge in [0.25, 0.3) is 0 Å². The van der Waals surface area contributed by atoms with Crippen molar-refractivity contribution in [1.82, 2.24) is 20.5 Å². The minimum absolute atomic E-state index is 0.0320. The fourth-order valence-electron chi connectivity index (χ4n) is 2.90. The molecule has 2 N–H and O–H groups in total. The van der Waals surface area contributed by atoms with E-state index in [1.54, 1.807) is 0 Å². The minimum atomic E-state index is 0.0320. The summed E-state index contributed by atoms with van der Waals surface area (Å²) in [5.74, 6) is 1.13. The Hall–Kier alpha value is -2.02. The highest BCUT2D eigenvalue weighted by Gasteiger charge is 2.30. The Morgan fingerprint density at radius 2 is 2.22 bits per heavy atom. The molecule has 1 fully saturated rings. The Labute approximate surface area is 140 Å². The van der Waals surface area contributed by atoms with Crippen LogP contribution in [0, 0.1) is 6.92 Å². The lowest BCUT2D eigenvalue weighted by atomic mass is 10.2. The highest BCUT2D eigenvalue weighted by molar-refractivity contribution is 7.99. The van der Waals surface area contributed by atoms with Crippen LogP contribution >= 0.6 is 11.8 Å². The number of amides is 1. The molecule has 1 aliphatic rings. The maximum Gasteiger partial charge on any atom is 0.230 e. The van der Waals surface area contributed by atoms with E-state index in [0.717, 1.165) is 18.8 Å². The second-order valence-corrected chi connectivity index (χ2v) is 6.77. The van der Waals surface area contributed by atoms with E-state index in [-0.39, 0.29) is 11.9 Å². The number of carbonyl (C=O) groups excluding carboxylic acids is 1. The molecule has 0 aliphatic carbocycles. The van der Waals surface area contributed by atoms with Crippen molar-refractivity contribution in [3.05, 3.63) is 36.2 Å². The number of carbonyl (C=O) groups is 1. The van der Waals surface area contributed by atoms with Gasteiger partial charge in [-0.2, -0.15) is 0 Å². The number of aromatic amines is 1. The van der Waals surface area contributed by atoms with E-state index in [4.69, 9.17) is 0 Å². The van der Waals surface area contributed by atoms with Crippen LogP contribution in [0.2, 0.25) is 0 Å². The van der Waals surface area contributed by atoms with Crippen molar-refractivity contribution < 1.29 is 4.79 Å². The number of H-pyrrole nitrogens is 1. The van der Waals surface area contributed by atoms with Gasteiger partial charge in [0.05, 0.1) is 5.75 Å². The highest BCUT2D eigenvalue weighted by Crippen LogP contribution is 2.25. The van der Waals surface area contributed by atoms with E-state index in [2.05, 4.69) is 44.5 Å². The summed E-state index contributed by atoms with van der Waals surface area (Å²) in [7, 11) is 0. The molecule has 7 heteroatoms. The molecule has 6 nitrogen and oxygen atoms in total. The molecule has 1 aromatic heterocycles. The lowest BCUT2D eigenvalue weighted by Crippen LogP contribution is -2.38. The lowest BCUT2D eigenvalue weighted by Gasteiger charge is -2.23. The SMILES string of the molecule is Cc1nc(SCC(=O)N[C@H]2C[C@@H](C)N(c3ccccc3)C2)n[nH]1. The van der Waals surface area contributed by atoms with E-state index >= 15 is 0 Å². The second-order valence-electron chi connectivity index (χ2n) is 5.83. The molecule has 1 aliphatic heterocycles. The molecule has 2 heterocycles. The fourth-order valence-corrected chi connectivity index (χ4v) is 3.56. The largest absolute Gasteiger partial charge is 0.367 e. The standard InChI is InChI=1S/C16H21N5OS/c1-11-8-13(9-21(11)14-6-4-3-5-7-14)18-15(22)10-23-16-17-12(2)19-20-16/h3-7,11,13H,8-10H2,1-2H3,(H,18,22)(H,17,19,20)/t11-,13+/m1/s1. The second kappa shape index (κ2) is 7.04. The maximum absolute atomic E-state index is 12.1. The van der Waals surface area contributed by atoms with Gasteiger partial charge in [0.2, 0.25) is 11.1 Å². The van der Waals surface area contributed by atoms with Crippen LogP contribution in [0.4, 0.5) is 5.69 Å². The summed E-state index contributed by atoms with van der Waals surface area (Å²) in [6, 6.07) is 10.9. The summed E-state index contributed by atoms with van der Waals surface area (Å²) >= 11 is 1.35. The fraction of sp³-hybridized carbons (Fsp3) is 0.438. The van der Waals surface area contributed by atoms with Gasteiger partial charge >= 0.3 is 0 Å². The molecular formula is C16H21N5OS. The normalized spacial score (nSPS) is 20.7. The summed E-state index contributed by atoms with van der Waals surface area (Å²) in [6.07, 6.45) is 0.963. The van der Waals surface area contributed by atoms with Crippen LogP contribution in [-0.4, -0.2) is 45.5 Å². The monoisotopic (exact) mass is 331 g/mol. The van der Waals surface area contributed by atoms with E-state index in [9.17, 15) is 4.79 Å². The molecule has 0 radical (unpaired) electrons. The molecule has 1 aromatic carbocycles. The Kier molecular flexibility index (Phi) is 4.85. The molecule has 1 amide bonds. The molecule has 2 atom stereocenters. The number of hydrogen-bond donors (Lipinski definition) is 2. The Morgan fingerprint density at radius 3 is 2.91 bits per heavy atom. The van der Waals surface area contributed by atoms with Gasteiger partial charge < -0.3 is 10.2 Å². The van der Waals surface area contributed by atoms with Crippen molar-refractivity contribution in [2.45, 2.75) is 37.5 Å². The third-order valence-corrected chi connectivity index (χ3v) is 4.78. The number of hydrogen-bond acceptors (Lipinski definition) is 5. The first-order chi connectivity index (χ1) is 11.1. The Bertz CT molecular complexity index is 660. The van der Waals surface area contributed by atoms with E-state index in [1.165, 1.54) is 17.4 Å². The molecule has 122 valence electrons. The third-order valence-electron chi connectivity index (χ3n) is 3.94. The topological polar surface area (TPSA) is 73.9 Å². The smallest absolute Gasteiger partial charge is 0.230 e. The van der Waals surface area contributed by atoms with Crippen LogP contribution in [0.5, 0.6) is 0 Å². The van der Waals surface area contributed by atoms with Gasteiger partial charge in [-0.15, -0.1) is 5.10 Å². The van der Waals surface area contributed by atoms with Crippen LogP contribution in [0.25, 0.3) is 0 Å². The number of para-hydroxylation sites is 1. The number of benzene rings is 1. The van der Waals surface area contributed by atoms with Gasteiger partial charge in [0.15, 0.2) is 0 Å². The first-order valence-corrected chi connectivity index (χ1v) is 8.73. The Morgan fingerprint density at radius 1 is 1.43 bits per heavy atom. The average Bonchev–Trinajstić information content (AvgIpc) is 3.12. The number of nitrogens with zero attached hydrogens (tertiary/aromatic N) is 3. The van der Waals surface area contributed by atoms with Crippen molar-refractivity contribution in [3.8, 4) is 0 Å². The molecule has 0 saturated carbocycles. The molecule has 2 aromatic rings. The number of anilines is 1.